The van der Waals surface area contributed by atoms with Gasteiger partial charge in [-0.2, -0.15) is 13.2 Å². The van der Waals surface area contributed by atoms with Gasteiger partial charge in [-0.3, -0.25) is 13.9 Å². The van der Waals surface area contributed by atoms with Crippen molar-refractivity contribution in [3.05, 3.63) is 63.6 Å². The Morgan fingerprint density at radius 3 is 2.31 bits per heavy atom. The van der Waals surface area contributed by atoms with E-state index in [0.29, 0.717) is 22.0 Å². The van der Waals surface area contributed by atoms with E-state index < -0.39 is 33.7 Å². The molecule has 0 aliphatic carbocycles. The molecular formula is C26H32Cl2F3N3O4S. The summed E-state index contributed by atoms with van der Waals surface area (Å²) in [6, 6.07) is 7.74. The number of anilines is 1. The van der Waals surface area contributed by atoms with Crippen molar-refractivity contribution < 1.29 is 31.2 Å². The summed E-state index contributed by atoms with van der Waals surface area (Å²) in [5, 5.41) is 3.55. The van der Waals surface area contributed by atoms with E-state index in [9.17, 15) is 31.2 Å². The highest BCUT2D eigenvalue weighted by atomic mass is 35.5. The van der Waals surface area contributed by atoms with Gasteiger partial charge < -0.3 is 10.2 Å². The van der Waals surface area contributed by atoms with Crippen LogP contribution in [0.1, 0.15) is 51.2 Å². The number of halogens is 5. The highest BCUT2D eigenvalue weighted by molar-refractivity contribution is 7.92. The largest absolute Gasteiger partial charge is 0.416 e. The predicted molar refractivity (Wildman–Crippen MR) is 147 cm³/mol. The first-order valence-corrected chi connectivity index (χ1v) is 14.8. The summed E-state index contributed by atoms with van der Waals surface area (Å²) >= 11 is 12.3. The highest BCUT2D eigenvalue weighted by Crippen LogP contribution is 2.32. The minimum Gasteiger partial charge on any atom is -0.352 e. The van der Waals surface area contributed by atoms with Crippen molar-refractivity contribution in [3.63, 3.8) is 0 Å². The zero-order valence-electron chi connectivity index (χ0n) is 22.1. The van der Waals surface area contributed by atoms with Crippen LogP contribution in [0.25, 0.3) is 0 Å². The van der Waals surface area contributed by atoms with E-state index in [2.05, 4.69) is 5.32 Å². The van der Waals surface area contributed by atoms with Gasteiger partial charge >= 0.3 is 6.18 Å². The standard InChI is InChI=1S/C26H32Cl2F3N3O4S/c1-5-17(2)32-25(36)18(3)33(16-19-11-12-21(27)15-23(19)28)24(35)10-7-13-34(39(4,37)38)22-9-6-8-20(14-22)26(29,30)31/h6,8-9,11-12,14-15,17-18H,5,7,10,13,16H2,1-4H3,(H,32,36). The SMILES string of the molecule is CCC(C)NC(=O)C(C)N(Cc1ccc(Cl)cc1Cl)C(=O)CCCN(c1cccc(C(F)(F)F)c1)S(C)(=O)=O. The molecule has 2 atom stereocenters. The smallest absolute Gasteiger partial charge is 0.352 e. The van der Waals surface area contributed by atoms with Crippen LogP contribution in [-0.2, 0) is 32.3 Å². The number of hydrogen-bond acceptors (Lipinski definition) is 4. The lowest BCUT2D eigenvalue weighted by molar-refractivity contribution is -0.140. The Balaban J connectivity index is 2.25. The van der Waals surface area contributed by atoms with E-state index in [1.807, 2.05) is 13.8 Å². The number of carbonyl (C=O) groups excluding carboxylic acids is 2. The van der Waals surface area contributed by atoms with E-state index in [1.165, 1.54) is 17.0 Å². The maximum atomic E-state index is 13.3. The number of nitrogens with one attached hydrogen (secondary N) is 1. The quantitative estimate of drug-likeness (QED) is 0.325. The minimum atomic E-state index is -4.65. The van der Waals surface area contributed by atoms with Gasteiger partial charge in [0.1, 0.15) is 6.04 Å². The molecule has 0 heterocycles. The highest BCUT2D eigenvalue weighted by Gasteiger charge is 2.32. The summed E-state index contributed by atoms with van der Waals surface area (Å²) in [6.07, 6.45) is -3.26. The summed E-state index contributed by atoms with van der Waals surface area (Å²) in [7, 11) is -3.96. The molecule has 0 aromatic heterocycles. The van der Waals surface area contributed by atoms with Crippen molar-refractivity contribution in [3.8, 4) is 0 Å². The van der Waals surface area contributed by atoms with Gasteiger partial charge in [0.15, 0.2) is 0 Å². The van der Waals surface area contributed by atoms with Crippen LogP contribution >= 0.6 is 23.2 Å². The molecule has 2 amide bonds. The minimum absolute atomic E-state index is 0.00660. The van der Waals surface area contributed by atoms with Gasteiger partial charge in [0, 0.05) is 35.6 Å². The second-order valence-electron chi connectivity index (χ2n) is 9.24. The van der Waals surface area contributed by atoms with Gasteiger partial charge in [0.25, 0.3) is 0 Å². The second-order valence-corrected chi connectivity index (χ2v) is 12.0. The molecule has 0 saturated heterocycles. The van der Waals surface area contributed by atoms with Crippen LogP contribution in [0.3, 0.4) is 0 Å². The maximum absolute atomic E-state index is 13.3. The van der Waals surface area contributed by atoms with Crippen molar-refractivity contribution in [1.29, 1.82) is 0 Å². The Morgan fingerprint density at radius 2 is 1.74 bits per heavy atom. The lowest BCUT2D eigenvalue weighted by Gasteiger charge is -2.30. The van der Waals surface area contributed by atoms with Gasteiger partial charge in [-0.25, -0.2) is 8.42 Å². The maximum Gasteiger partial charge on any atom is 0.416 e. The Hall–Kier alpha value is -2.50. The molecule has 7 nitrogen and oxygen atoms in total. The molecule has 0 saturated carbocycles. The van der Waals surface area contributed by atoms with Gasteiger partial charge in [-0.15, -0.1) is 0 Å². The Kier molecular flexibility index (Phi) is 11.5. The third-order valence-electron chi connectivity index (χ3n) is 6.14. The lowest BCUT2D eigenvalue weighted by atomic mass is 10.1. The fraction of sp³-hybridized carbons (Fsp3) is 0.462. The first kappa shape index (κ1) is 32.7. The van der Waals surface area contributed by atoms with Crippen LogP contribution in [0.5, 0.6) is 0 Å². The first-order valence-electron chi connectivity index (χ1n) is 12.2. The number of rotatable bonds is 12. The monoisotopic (exact) mass is 609 g/mol. The summed E-state index contributed by atoms with van der Waals surface area (Å²) in [6.45, 7) is 5.07. The topological polar surface area (TPSA) is 86.8 Å². The molecule has 0 radical (unpaired) electrons. The number of benzene rings is 2. The number of alkyl halides is 3. The third-order valence-corrected chi connectivity index (χ3v) is 7.92. The normalized spacial score (nSPS) is 13.5. The Labute approximate surface area is 237 Å². The van der Waals surface area contributed by atoms with Crippen molar-refractivity contribution in [2.24, 2.45) is 0 Å². The molecule has 1 N–H and O–H groups in total. The predicted octanol–water partition coefficient (Wildman–Crippen LogP) is 5.89. The van der Waals surface area contributed by atoms with Crippen molar-refractivity contribution in [2.75, 3.05) is 17.1 Å². The Bertz CT molecular complexity index is 1280. The van der Waals surface area contributed by atoms with E-state index in [4.69, 9.17) is 23.2 Å². The molecule has 0 bridgehead atoms. The summed E-state index contributed by atoms with van der Waals surface area (Å²) in [5.74, 6) is -0.824. The van der Waals surface area contributed by atoms with Crippen molar-refractivity contribution >= 4 is 50.7 Å². The number of nitrogens with zero attached hydrogens (tertiary/aromatic N) is 2. The van der Waals surface area contributed by atoms with Gasteiger partial charge in [-0.1, -0.05) is 42.3 Å². The Morgan fingerprint density at radius 1 is 1.08 bits per heavy atom. The first-order chi connectivity index (χ1) is 18.0. The molecule has 2 unspecified atom stereocenters. The average molecular weight is 611 g/mol. The van der Waals surface area contributed by atoms with Gasteiger partial charge in [-0.05, 0) is 62.6 Å². The van der Waals surface area contributed by atoms with Crippen LogP contribution < -0.4 is 9.62 Å². The molecule has 0 spiro atoms. The molecule has 39 heavy (non-hydrogen) atoms. The molecule has 216 valence electrons. The van der Waals surface area contributed by atoms with E-state index in [1.54, 1.807) is 19.1 Å². The van der Waals surface area contributed by atoms with Gasteiger partial charge in [0.2, 0.25) is 21.8 Å². The van der Waals surface area contributed by atoms with Crippen LogP contribution in [0.4, 0.5) is 18.9 Å². The van der Waals surface area contributed by atoms with E-state index >= 15 is 0 Å². The van der Waals surface area contributed by atoms with Crippen molar-refractivity contribution in [2.45, 2.75) is 64.8 Å². The van der Waals surface area contributed by atoms with Crippen LogP contribution in [0, 0.1) is 0 Å². The van der Waals surface area contributed by atoms with E-state index in [0.717, 1.165) is 28.8 Å². The number of amides is 2. The van der Waals surface area contributed by atoms with Crippen molar-refractivity contribution in [1.82, 2.24) is 10.2 Å². The zero-order chi connectivity index (χ0) is 29.5. The summed E-state index contributed by atoms with van der Waals surface area (Å²) < 4.78 is 65.2. The zero-order valence-corrected chi connectivity index (χ0v) is 24.4. The van der Waals surface area contributed by atoms with Crippen LogP contribution in [0.15, 0.2) is 42.5 Å². The molecule has 2 rings (SSSR count). The van der Waals surface area contributed by atoms with Gasteiger partial charge in [0.05, 0.1) is 17.5 Å². The third kappa shape index (κ3) is 9.58. The second kappa shape index (κ2) is 13.7. The summed E-state index contributed by atoms with van der Waals surface area (Å²) in [5.41, 5.74) is -0.595. The fourth-order valence-corrected chi connectivity index (χ4v) is 5.15. The number of hydrogen-bond donors (Lipinski definition) is 1. The molecule has 2 aromatic rings. The fourth-order valence-electron chi connectivity index (χ4n) is 3.72. The molecular weight excluding hydrogens is 578 g/mol. The average Bonchev–Trinajstić information content (AvgIpc) is 2.84. The molecule has 0 fully saturated rings. The van der Waals surface area contributed by atoms with E-state index in [-0.39, 0.29) is 43.6 Å². The lowest BCUT2D eigenvalue weighted by Crippen LogP contribution is -2.49. The molecule has 13 heteroatoms. The molecule has 0 aliphatic rings. The van der Waals surface area contributed by atoms with Crippen LogP contribution in [-0.4, -0.2) is 50.0 Å². The molecule has 2 aromatic carbocycles. The molecule has 0 aliphatic heterocycles. The summed E-state index contributed by atoms with van der Waals surface area (Å²) in [4.78, 5) is 27.5. The number of carbonyl (C=O) groups is 2. The van der Waals surface area contributed by atoms with Crippen LogP contribution in [0.2, 0.25) is 10.0 Å². The number of sulfonamides is 1.